The third-order valence-electron chi connectivity index (χ3n) is 7.06. The molecule has 2 atom stereocenters. The van der Waals surface area contributed by atoms with Crippen LogP contribution in [0.1, 0.15) is 16.7 Å². The van der Waals surface area contributed by atoms with Crippen LogP contribution in [0, 0.1) is 21.8 Å². The summed E-state index contributed by atoms with van der Waals surface area (Å²) in [7, 11) is 0. The molecule has 7 nitrogen and oxygen atoms in total. The molecule has 186 valence electrons. The fraction of sp³-hybridized carbons (Fsp3) is 0.296. The highest BCUT2D eigenvalue weighted by Gasteiger charge is 2.42. The van der Waals surface area contributed by atoms with Gasteiger partial charge >= 0.3 is 0 Å². The van der Waals surface area contributed by atoms with Crippen LogP contribution >= 0.6 is 11.6 Å². The number of nitrogens with zero attached hydrogens (tertiary/aromatic N) is 3. The van der Waals surface area contributed by atoms with E-state index >= 15 is 0 Å². The first-order valence-electron chi connectivity index (χ1n) is 11.9. The van der Waals surface area contributed by atoms with E-state index in [0.717, 1.165) is 29.9 Å². The van der Waals surface area contributed by atoms with Gasteiger partial charge in [0, 0.05) is 61.1 Å². The molecule has 0 saturated carbocycles. The topological polar surface area (TPSA) is 78.7 Å². The van der Waals surface area contributed by atoms with Gasteiger partial charge in [-0.1, -0.05) is 41.9 Å². The number of nitro groups is 1. The Hall–Kier alpha value is -3.49. The molecule has 9 heteroatoms. The van der Waals surface area contributed by atoms with Crippen molar-refractivity contribution in [1.29, 1.82) is 0 Å². The number of rotatable bonds is 6. The second kappa shape index (κ2) is 10.2. The van der Waals surface area contributed by atoms with Crippen molar-refractivity contribution in [3.05, 3.63) is 104 Å². The zero-order valence-corrected chi connectivity index (χ0v) is 20.3. The Morgan fingerprint density at radius 1 is 1.11 bits per heavy atom. The Morgan fingerprint density at radius 3 is 2.64 bits per heavy atom. The summed E-state index contributed by atoms with van der Waals surface area (Å²) in [6.45, 7) is 2.97. The van der Waals surface area contributed by atoms with Gasteiger partial charge in [-0.2, -0.15) is 0 Å². The number of hydrogen-bond donors (Lipinski definition) is 1. The number of fused-ring (bicyclic) bond motifs is 3. The van der Waals surface area contributed by atoms with Crippen molar-refractivity contribution in [3.8, 4) is 0 Å². The summed E-state index contributed by atoms with van der Waals surface area (Å²) in [5.41, 5.74) is 3.30. The lowest BCUT2D eigenvalue weighted by Gasteiger charge is -2.49. The standard InChI is InChI=1S/C27H26ClFN4O3/c28-21-7-5-18(6-8-21)16-31-11-12-32-25-10-9-22(33(35)36)13-20(25)14-23(26(32)17-31)27(34)30-15-19-3-1-2-4-24(19)29/h1-10,13,23,26H,11-12,14-17H2,(H,30,34)/t23-,26-/m0/s1. The van der Waals surface area contributed by atoms with Crippen LogP contribution in [0.5, 0.6) is 0 Å². The predicted molar refractivity (Wildman–Crippen MR) is 136 cm³/mol. The zero-order valence-electron chi connectivity index (χ0n) is 19.6. The Bertz CT molecular complexity index is 1290. The Kier molecular flexibility index (Phi) is 6.89. The van der Waals surface area contributed by atoms with Gasteiger partial charge in [-0.3, -0.25) is 19.8 Å². The van der Waals surface area contributed by atoms with Crippen molar-refractivity contribution >= 4 is 28.9 Å². The first kappa shape index (κ1) is 24.2. The van der Waals surface area contributed by atoms with Gasteiger partial charge in [0.2, 0.25) is 5.91 Å². The van der Waals surface area contributed by atoms with Gasteiger partial charge in [-0.25, -0.2) is 4.39 Å². The number of anilines is 1. The van der Waals surface area contributed by atoms with Gasteiger partial charge in [0.25, 0.3) is 5.69 Å². The molecule has 36 heavy (non-hydrogen) atoms. The van der Waals surface area contributed by atoms with Crippen molar-refractivity contribution in [3.63, 3.8) is 0 Å². The number of nitro benzene ring substituents is 1. The highest BCUT2D eigenvalue weighted by molar-refractivity contribution is 6.30. The van der Waals surface area contributed by atoms with Crippen LogP contribution < -0.4 is 10.2 Å². The number of amides is 1. The minimum absolute atomic E-state index is 0.0130. The van der Waals surface area contributed by atoms with Gasteiger partial charge in [0.05, 0.1) is 16.9 Å². The van der Waals surface area contributed by atoms with Crippen molar-refractivity contribution in [1.82, 2.24) is 10.2 Å². The average Bonchev–Trinajstić information content (AvgIpc) is 2.88. The van der Waals surface area contributed by atoms with E-state index in [2.05, 4.69) is 15.1 Å². The molecular weight excluding hydrogens is 483 g/mol. The van der Waals surface area contributed by atoms with Crippen molar-refractivity contribution in [2.45, 2.75) is 25.6 Å². The highest BCUT2D eigenvalue weighted by Crippen LogP contribution is 2.38. The summed E-state index contributed by atoms with van der Waals surface area (Å²) in [4.78, 5) is 28.9. The minimum atomic E-state index is -0.431. The maximum absolute atomic E-state index is 14.1. The summed E-state index contributed by atoms with van der Waals surface area (Å²) in [6, 6.07) is 18.9. The normalized spacial score (nSPS) is 19.3. The van der Waals surface area contributed by atoms with Crippen LogP contribution in [0.25, 0.3) is 0 Å². The molecule has 0 bridgehead atoms. The third-order valence-corrected chi connectivity index (χ3v) is 7.31. The van der Waals surface area contributed by atoms with E-state index < -0.39 is 10.8 Å². The van der Waals surface area contributed by atoms with Crippen molar-refractivity contribution in [2.24, 2.45) is 5.92 Å². The second-order valence-corrected chi connectivity index (χ2v) is 9.75. The van der Waals surface area contributed by atoms with Gasteiger partial charge in [-0.05, 0) is 41.8 Å². The van der Waals surface area contributed by atoms with Crippen molar-refractivity contribution < 1.29 is 14.1 Å². The minimum Gasteiger partial charge on any atom is -0.365 e. The van der Waals surface area contributed by atoms with Crippen molar-refractivity contribution in [2.75, 3.05) is 24.5 Å². The summed E-state index contributed by atoms with van der Waals surface area (Å²) < 4.78 is 14.1. The largest absolute Gasteiger partial charge is 0.365 e. The third kappa shape index (κ3) is 5.05. The van der Waals surface area contributed by atoms with Crippen LogP contribution in [-0.4, -0.2) is 41.4 Å². The summed E-state index contributed by atoms with van der Waals surface area (Å²) in [5, 5.41) is 15.0. The van der Waals surface area contributed by atoms with Crippen LogP contribution in [0.3, 0.4) is 0 Å². The Labute approximate surface area is 213 Å². The number of hydrogen-bond acceptors (Lipinski definition) is 5. The molecule has 1 fully saturated rings. The van der Waals surface area contributed by atoms with Gasteiger partial charge in [0.15, 0.2) is 0 Å². The maximum Gasteiger partial charge on any atom is 0.269 e. The first-order chi connectivity index (χ1) is 17.4. The van der Waals surface area contributed by atoms with Crippen LogP contribution in [0.15, 0.2) is 66.7 Å². The highest BCUT2D eigenvalue weighted by atomic mass is 35.5. The monoisotopic (exact) mass is 508 g/mol. The van der Waals surface area contributed by atoms with E-state index in [4.69, 9.17) is 11.6 Å². The molecule has 1 saturated heterocycles. The van der Waals surface area contributed by atoms with Gasteiger partial charge in [-0.15, -0.1) is 0 Å². The van der Waals surface area contributed by atoms with Crippen LogP contribution in [-0.2, 0) is 24.3 Å². The molecule has 2 aliphatic heterocycles. The van der Waals surface area contributed by atoms with Gasteiger partial charge in [0.1, 0.15) is 5.82 Å². The molecule has 1 N–H and O–H groups in total. The fourth-order valence-corrected chi connectivity index (χ4v) is 5.36. The molecule has 0 aliphatic carbocycles. The number of non-ortho nitro benzene ring substituents is 1. The van der Waals surface area contributed by atoms with E-state index in [0.29, 0.717) is 30.1 Å². The molecule has 0 aromatic heterocycles. The summed E-state index contributed by atoms with van der Waals surface area (Å²) >= 11 is 6.03. The van der Waals surface area contributed by atoms with Crippen LogP contribution in [0.2, 0.25) is 5.02 Å². The molecule has 2 heterocycles. The Morgan fingerprint density at radius 2 is 1.89 bits per heavy atom. The number of benzene rings is 3. The zero-order chi connectivity index (χ0) is 25.2. The van der Waals surface area contributed by atoms with Gasteiger partial charge < -0.3 is 10.2 Å². The van der Waals surface area contributed by atoms with E-state index in [9.17, 15) is 19.3 Å². The number of carbonyl (C=O) groups is 1. The molecular formula is C27H26ClFN4O3. The number of carbonyl (C=O) groups excluding carboxylic acids is 1. The summed E-state index contributed by atoms with van der Waals surface area (Å²) in [6.07, 6.45) is 0.385. The van der Waals surface area contributed by atoms with E-state index in [1.54, 1.807) is 30.3 Å². The maximum atomic E-state index is 14.1. The lowest BCUT2D eigenvalue weighted by atomic mass is 9.83. The van der Waals surface area contributed by atoms with Crippen LogP contribution in [0.4, 0.5) is 15.8 Å². The van der Waals surface area contributed by atoms with E-state index in [1.165, 1.54) is 12.1 Å². The number of piperazine rings is 1. The summed E-state index contributed by atoms with van der Waals surface area (Å²) in [5.74, 6) is -0.978. The molecule has 0 unspecified atom stereocenters. The molecule has 0 radical (unpaired) electrons. The quantitative estimate of drug-likeness (QED) is 0.390. The predicted octanol–water partition coefficient (Wildman–Crippen LogP) is 4.57. The molecule has 1 amide bonds. The van der Waals surface area contributed by atoms with E-state index in [-0.39, 0.29) is 30.0 Å². The van der Waals surface area contributed by atoms with E-state index in [1.807, 2.05) is 24.3 Å². The molecule has 0 spiro atoms. The molecule has 5 rings (SSSR count). The molecule has 2 aliphatic rings. The first-order valence-corrected chi connectivity index (χ1v) is 12.3. The molecule has 3 aromatic rings. The second-order valence-electron chi connectivity index (χ2n) is 9.31. The number of halogens is 2. The molecule has 3 aromatic carbocycles. The number of nitrogens with one attached hydrogen (secondary N) is 1. The SMILES string of the molecule is O=C(NCc1ccccc1F)[C@H]1Cc2cc([N+](=O)[O-])ccc2N2CCN(Cc3ccc(Cl)cc3)C[C@@H]12. The lowest BCUT2D eigenvalue weighted by Crippen LogP contribution is -2.60. The average molecular weight is 509 g/mol. The Balaban J connectivity index is 1.39. The lowest BCUT2D eigenvalue weighted by molar-refractivity contribution is -0.384. The smallest absolute Gasteiger partial charge is 0.269 e. The fourth-order valence-electron chi connectivity index (χ4n) is 5.23.